The summed E-state index contributed by atoms with van der Waals surface area (Å²) in [5.41, 5.74) is 0. The Morgan fingerprint density at radius 3 is 3.12 bits per heavy atom. The maximum absolute atomic E-state index is 4.89. The lowest BCUT2D eigenvalue weighted by Gasteiger charge is -2.38. The Kier molecular flexibility index (Phi) is 9.43. The quantitative estimate of drug-likeness (QED) is 0.297. The molecule has 140 valence electrons. The van der Waals surface area contributed by atoms with E-state index in [1.165, 1.54) is 24.3 Å². The highest BCUT2D eigenvalue weighted by atomic mass is 32.2. The number of nitrogens with one attached hydrogen (secondary N) is 2. The molecule has 4 nitrogen and oxygen atoms in total. The molecule has 2 heterocycles. The number of nitrogens with zero attached hydrogens (tertiary/aromatic N) is 2. The highest BCUT2D eigenvalue weighted by Crippen LogP contribution is 2.37. The summed E-state index contributed by atoms with van der Waals surface area (Å²) in [6.45, 7) is 9.76. The van der Waals surface area contributed by atoms with Crippen LogP contribution in [0.2, 0.25) is 0 Å². The Bertz CT molecular complexity index is 516. The van der Waals surface area contributed by atoms with Crippen LogP contribution < -0.4 is 10.6 Å². The summed E-state index contributed by atoms with van der Waals surface area (Å²) in [4.78, 5) is 8.87. The van der Waals surface area contributed by atoms with Crippen LogP contribution in [-0.2, 0) is 0 Å². The normalized spacial score (nSPS) is 21.9. The first-order valence-corrected chi connectivity index (χ1v) is 11.2. The van der Waals surface area contributed by atoms with Crippen molar-refractivity contribution in [2.24, 2.45) is 10.9 Å². The molecule has 0 aromatic carbocycles. The van der Waals surface area contributed by atoms with Crippen molar-refractivity contribution < 1.29 is 0 Å². The number of hydrogen-bond donors (Lipinski definition) is 2. The van der Waals surface area contributed by atoms with Gasteiger partial charge in [0, 0.05) is 42.1 Å². The van der Waals surface area contributed by atoms with Gasteiger partial charge in [-0.3, -0.25) is 9.89 Å². The lowest BCUT2D eigenvalue weighted by Crippen LogP contribution is -2.40. The lowest BCUT2D eigenvalue weighted by atomic mass is 9.88. The van der Waals surface area contributed by atoms with E-state index in [2.05, 4.69) is 53.6 Å². The molecule has 1 aliphatic rings. The number of rotatable bonds is 9. The summed E-state index contributed by atoms with van der Waals surface area (Å²) < 4.78 is 0. The van der Waals surface area contributed by atoms with Crippen LogP contribution in [0.1, 0.15) is 30.7 Å². The number of guanidine groups is 1. The SMILES string of the molecule is C=CCSCCNC(=NCC1CCCN(C)C1c1cccs1)NCC. The topological polar surface area (TPSA) is 39.7 Å². The van der Waals surface area contributed by atoms with Gasteiger partial charge in [-0.15, -0.1) is 17.9 Å². The van der Waals surface area contributed by atoms with Gasteiger partial charge in [0.15, 0.2) is 5.96 Å². The van der Waals surface area contributed by atoms with Gasteiger partial charge in [0.1, 0.15) is 0 Å². The third-order valence-corrected chi connectivity index (χ3v) is 6.35. The number of likely N-dealkylation sites (tertiary alicyclic amines) is 1. The van der Waals surface area contributed by atoms with Gasteiger partial charge in [0.25, 0.3) is 0 Å². The summed E-state index contributed by atoms with van der Waals surface area (Å²) in [5, 5.41) is 9.01. The van der Waals surface area contributed by atoms with Crippen LogP contribution in [-0.4, -0.2) is 55.6 Å². The predicted molar refractivity (Wildman–Crippen MR) is 114 cm³/mol. The van der Waals surface area contributed by atoms with Crippen molar-refractivity contribution in [3.8, 4) is 0 Å². The first-order chi connectivity index (χ1) is 12.3. The molecule has 0 radical (unpaired) electrons. The number of piperidine rings is 1. The van der Waals surface area contributed by atoms with Crippen molar-refractivity contribution in [3.05, 3.63) is 35.0 Å². The average molecular weight is 381 g/mol. The first kappa shape index (κ1) is 20.3. The molecule has 0 spiro atoms. The summed E-state index contributed by atoms with van der Waals surface area (Å²) >= 11 is 3.76. The van der Waals surface area contributed by atoms with Crippen molar-refractivity contribution in [2.75, 3.05) is 44.7 Å². The van der Waals surface area contributed by atoms with E-state index in [0.29, 0.717) is 12.0 Å². The molecule has 1 aliphatic heterocycles. The second kappa shape index (κ2) is 11.6. The maximum Gasteiger partial charge on any atom is 0.191 e. The molecule has 2 unspecified atom stereocenters. The Labute approximate surface area is 161 Å². The molecular formula is C19H32N4S2. The highest BCUT2D eigenvalue weighted by Gasteiger charge is 2.31. The number of thioether (sulfide) groups is 1. The Morgan fingerprint density at radius 1 is 1.52 bits per heavy atom. The van der Waals surface area contributed by atoms with Crippen LogP contribution in [0.4, 0.5) is 0 Å². The van der Waals surface area contributed by atoms with Gasteiger partial charge >= 0.3 is 0 Å². The zero-order valence-electron chi connectivity index (χ0n) is 15.5. The molecule has 2 rings (SSSR count). The van der Waals surface area contributed by atoms with Gasteiger partial charge in [-0.05, 0) is 50.7 Å². The fourth-order valence-corrected chi connectivity index (χ4v) is 4.88. The fraction of sp³-hybridized carbons (Fsp3) is 0.632. The molecule has 0 bridgehead atoms. The average Bonchev–Trinajstić information content (AvgIpc) is 3.13. The van der Waals surface area contributed by atoms with Crippen LogP contribution in [0.25, 0.3) is 0 Å². The Balaban J connectivity index is 1.93. The second-order valence-corrected chi connectivity index (χ2v) is 8.48. The third kappa shape index (κ3) is 6.68. The molecule has 0 saturated carbocycles. The van der Waals surface area contributed by atoms with Gasteiger partial charge in [-0.1, -0.05) is 12.1 Å². The largest absolute Gasteiger partial charge is 0.357 e. The summed E-state index contributed by atoms with van der Waals surface area (Å²) in [6.07, 6.45) is 4.47. The van der Waals surface area contributed by atoms with E-state index in [9.17, 15) is 0 Å². The zero-order chi connectivity index (χ0) is 17.9. The van der Waals surface area contributed by atoms with Gasteiger partial charge in [-0.2, -0.15) is 11.8 Å². The molecule has 1 aromatic rings. The number of thiophene rings is 1. The van der Waals surface area contributed by atoms with Crippen molar-refractivity contribution in [1.29, 1.82) is 0 Å². The smallest absolute Gasteiger partial charge is 0.191 e. The van der Waals surface area contributed by atoms with E-state index in [1.54, 1.807) is 0 Å². The third-order valence-electron chi connectivity index (χ3n) is 4.44. The van der Waals surface area contributed by atoms with E-state index in [0.717, 1.165) is 37.1 Å². The van der Waals surface area contributed by atoms with E-state index >= 15 is 0 Å². The monoisotopic (exact) mass is 380 g/mol. The van der Waals surface area contributed by atoms with Crippen LogP contribution in [0.15, 0.2) is 35.2 Å². The minimum atomic E-state index is 0.503. The summed E-state index contributed by atoms with van der Waals surface area (Å²) in [5.74, 6) is 3.61. The van der Waals surface area contributed by atoms with Crippen LogP contribution in [0.3, 0.4) is 0 Å². The minimum absolute atomic E-state index is 0.503. The predicted octanol–water partition coefficient (Wildman–Crippen LogP) is 3.61. The van der Waals surface area contributed by atoms with Crippen LogP contribution in [0, 0.1) is 5.92 Å². The van der Waals surface area contributed by atoms with Crippen molar-refractivity contribution >= 4 is 29.1 Å². The maximum atomic E-state index is 4.89. The molecule has 1 saturated heterocycles. The molecular weight excluding hydrogens is 348 g/mol. The Morgan fingerprint density at radius 2 is 2.40 bits per heavy atom. The molecule has 2 atom stereocenters. The van der Waals surface area contributed by atoms with Crippen LogP contribution >= 0.6 is 23.1 Å². The fourth-order valence-electron chi connectivity index (χ4n) is 3.32. The van der Waals surface area contributed by atoms with Crippen molar-refractivity contribution in [1.82, 2.24) is 15.5 Å². The molecule has 6 heteroatoms. The van der Waals surface area contributed by atoms with E-state index in [1.807, 2.05) is 29.2 Å². The highest BCUT2D eigenvalue weighted by molar-refractivity contribution is 7.99. The molecule has 1 fully saturated rings. The molecule has 2 N–H and O–H groups in total. The van der Waals surface area contributed by atoms with Gasteiger partial charge in [0.2, 0.25) is 0 Å². The lowest BCUT2D eigenvalue weighted by molar-refractivity contribution is 0.128. The second-order valence-electron chi connectivity index (χ2n) is 6.35. The molecule has 0 amide bonds. The molecule has 0 aliphatic carbocycles. The first-order valence-electron chi connectivity index (χ1n) is 9.20. The van der Waals surface area contributed by atoms with E-state index in [4.69, 9.17) is 4.99 Å². The van der Waals surface area contributed by atoms with Gasteiger partial charge in [0.05, 0.1) is 0 Å². The zero-order valence-corrected chi connectivity index (χ0v) is 17.2. The van der Waals surface area contributed by atoms with Gasteiger partial charge in [-0.25, -0.2) is 0 Å². The van der Waals surface area contributed by atoms with Gasteiger partial charge < -0.3 is 10.6 Å². The van der Waals surface area contributed by atoms with Crippen molar-refractivity contribution in [3.63, 3.8) is 0 Å². The van der Waals surface area contributed by atoms with Crippen LogP contribution in [0.5, 0.6) is 0 Å². The molecule has 25 heavy (non-hydrogen) atoms. The van der Waals surface area contributed by atoms with E-state index in [-0.39, 0.29) is 0 Å². The standard InChI is InChI=1S/C19H32N4S2/c1-4-12-24-14-10-21-19(20-5-2)22-15-16-8-6-11-23(3)18(16)17-9-7-13-25-17/h4,7,9,13,16,18H,1,5-6,8,10-12,14-15H2,2-3H3,(H2,20,21,22). The molecule has 1 aromatic heterocycles. The number of hydrogen-bond acceptors (Lipinski definition) is 4. The Hall–Kier alpha value is -0.980. The van der Waals surface area contributed by atoms with Crippen molar-refractivity contribution in [2.45, 2.75) is 25.8 Å². The minimum Gasteiger partial charge on any atom is -0.357 e. The number of aliphatic imine (C=N–C) groups is 1. The van der Waals surface area contributed by atoms with E-state index < -0.39 is 0 Å². The summed E-state index contributed by atoms with van der Waals surface area (Å²) in [6, 6.07) is 4.94. The summed E-state index contributed by atoms with van der Waals surface area (Å²) in [7, 11) is 2.25.